The number of fused-ring (bicyclic) bond motifs is 1. The monoisotopic (exact) mass is 443 g/mol. The molecule has 0 spiro atoms. The lowest BCUT2D eigenvalue weighted by atomic mass is 10.0. The Morgan fingerprint density at radius 3 is 2.77 bits per heavy atom. The second-order valence-electron chi connectivity index (χ2n) is 7.19. The summed E-state index contributed by atoms with van der Waals surface area (Å²) in [5, 5.41) is 16.2. The number of nitrogens with one attached hydrogen (secondary N) is 2. The lowest BCUT2D eigenvalue weighted by Gasteiger charge is -2.17. The molecule has 2 heterocycles. The predicted molar refractivity (Wildman–Crippen MR) is 112 cm³/mol. The van der Waals surface area contributed by atoms with E-state index in [1.165, 1.54) is 19.2 Å². The zero-order chi connectivity index (χ0) is 22.2. The number of hydrogen-bond donors (Lipinski definition) is 2. The number of amides is 1. The van der Waals surface area contributed by atoms with Gasteiger partial charge in [-0.2, -0.15) is 18.4 Å². The Labute approximate surface area is 179 Å². The van der Waals surface area contributed by atoms with Gasteiger partial charge < -0.3 is 5.32 Å². The van der Waals surface area contributed by atoms with Crippen LogP contribution >= 0.6 is 11.3 Å². The van der Waals surface area contributed by atoms with Crippen molar-refractivity contribution in [2.45, 2.75) is 31.4 Å². The summed E-state index contributed by atoms with van der Waals surface area (Å²) in [5.74, 6) is -0.0745. The van der Waals surface area contributed by atoms with Crippen LogP contribution in [0.2, 0.25) is 0 Å². The third-order valence-electron chi connectivity index (χ3n) is 5.10. The number of benzene rings is 1. The molecule has 2 aromatic heterocycles. The number of nitrogens with zero attached hydrogens (tertiary/aromatic N) is 3. The second kappa shape index (κ2) is 7.67. The highest BCUT2D eigenvalue weighted by Crippen LogP contribution is 2.61. The van der Waals surface area contributed by atoms with Crippen molar-refractivity contribution >= 4 is 39.0 Å². The molecule has 0 atom stereocenters. The van der Waals surface area contributed by atoms with Gasteiger partial charge in [0.15, 0.2) is 5.13 Å². The van der Waals surface area contributed by atoms with Gasteiger partial charge in [0.1, 0.15) is 11.2 Å². The Morgan fingerprint density at radius 2 is 2.10 bits per heavy atom. The summed E-state index contributed by atoms with van der Waals surface area (Å²) in [6, 6.07) is 9.05. The minimum atomic E-state index is -4.33. The number of anilines is 2. The van der Waals surface area contributed by atoms with E-state index in [1.54, 1.807) is 30.5 Å². The summed E-state index contributed by atoms with van der Waals surface area (Å²) >= 11 is 0.860. The summed E-state index contributed by atoms with van der Waals surface area (Å²) in [7, 11) is 0. The lowest BCUT2D eigenvalue weighted by molar-refractivity contribution is -0.160. The van der Waals surface area contributed by atoms with E-state index in [1.807, 2.05) is 0 Å². The highest BCUT2D eigenvalue weighted by molar-refractivity contribution is 7.16. The number of aromatic nitrogens is 2. The number of hydrogen-bond acceptors (Lipinski definition) is 6. The molecule has 1 aromatic carbocycles. The standard InChI is InChI=1S/C21H16F3N5OS/c1-12-17(20(6-7-20)21(22,23)24)31-19(28-12)29-16(30)5-9-27-18-15-10-13(11-25)2-3-14(15)4-8-26-18/h2-5,8-10H,6-7H2,1H3,(H,26,27)(H,28,29,30). The molecule has 1 aliphatic rings. The first-order valence-electron chi connectivity index (χ1n) is 9.31. The maximum Gasteiger partial charge on any atom is 0.399 e. The van der Waals surface area contributed by atoms with Gasteiger partial charge in [0.05, 0.1) is 17.3 Å². The molecule has 0 unspecified atom stereocenters. The summed E-state index contributed by atoms with van der Waals surface area (Å²) in [6.07, 6.45) is -0.0763. The SMILES string of the molecule is Cc1nc(NC(=O)C=CNc2nccc3ccc(C#N)cc23)sc1C1(C(F)(F)F)CC1. The van der Waals surface area contributed by atoms with Crippen LogP contribution in [0.4, 0.5) is 24.1 Å². The molecule has 2 N–H and O–H groups in total. The van der Waals surface area contributed by atoms with Gasteiger partial charge in [-0.15, -0.1) is 11.3 Å². The molecule has 0 radical (unpaired) electrons. The summed E-state index contributed by atoms with van der Waals surface area (Å²) in [4.78, 5) is 20.7. The fourth-order valence-electron chi connectivity index (χ4n) is 3.35. The number of alkyl halides is 3. The van der Waals surface area contributed by atoms with E-state index >= 15 is 0 Å². The molecule has 10 heteroatoms. The van der Waals surface area contributed by atoms with Crippen LogP contribution in [0.1, 0.15) is 29.0 Å². The fourth-order valence-corrected chi connectivity index (χ4v) is 4.59. The van der Waals surface area contributed by atoms with E-state index in [0.717, 1.165) is 16.7 Å². The average Bonchev–Trinajstić information content (AvgIpc) is 3.46. The Morgan fingerprint density at radius 1 is 1.32 bits per heavy atom. The van der Waals surface area contributed by atoms with Crippen LogP contribution in [-0.2, 0) is 10.2 Å². The van der Waals surface area contributed by atoms with Gasteiger partial charge in [-0.3, -0.25) is 10.1 Å². The van der Waals surface area contributed by atoms with Crippen LogP contribution in [0.15, 0.2) is 42.7 Å². The third kappa shape index (κ3) is 3.96. The second-order valence-corrected chi connectivity index (χ2v) is 8.19. The van der Waals surface area contributed by atoms with E-state index in [2.05, 4.69) is 26.7 Å². The van der Waals surface area contributed by atoms with E-state index < -0.39 is 17.5 Å². The van der Waals surface area contributed by atoms with Crippen LogP contribution in [-0.4, -0.2) is 22.1 Å². The highest BCUT2D eigenvalue weighted by atomic mass is 32.1. The van der Waals surface area contributed by atoms with Gasteiger partial charge in [0.2, 0.25) is 0 Å². The van der Waals surface area contributed by atoms with E-state index in [0.29, 0.717) is 16.8 Å². The molecular formula is C21H16F3N5OS. The number of halogens is 3. The number of pyridine rings is 1. The van der Waals surface area contributed by atoms with E-state index in [4.69, 9.17) is 5.26 Å². The van der Waals surface area contributed by atoms with Gasteiger partial charge in [0, 0.05) is 28.7 Å². The van der Waals surface area contributed by atoms with Crippen LogP contribution in [0.25, 0.3) is 10.8 Å². The molecule has 4 rings (SSSR count). The smallest absolute Gasteiger partial charge is 0.346 e. The molecule has 31 heavy (non-hydrogen) atoms. The lowest BCUT2D eigenvalue weighted by Crippen LogP contribution is -2.28. The molecule has 0 aliphatic heterocycles. The number of thiazole rings is 1. The van der Waals surface area contributed by atoms with Gasteiger partial charge in [-0.05, 0) is 43.4 Å². The predicted octanol–water partition coefficient (Wildman–Crippen LogP) is 5.03. The topological polar surface area (TPSA) is 90.7 Å². The van der Waals surface area contributed by atoms with Gasteiger partial charge in [-0.25, -0.2) is 9.97 Å². The van der Waals surface area contributed by atoms with Crippen LogP contribution in [0.3, 0.4) is 0 Å². The first-order chi connectivity index (χ1) is 14.7. The molecule has 0 saturated heterocycles. The van der Waals surface area contributed by atoms with Crippen molar-refractivity contribution in [3.63, 3.8) is 0 Å². The van der Waals surface area contributed by atoms with Crippen molar-refractivity contribution < 1.29 is 18.0 Å². The minimum Gasteiger partial charge on any atom is -0.346 e. The zero-order valence-electron chi connectivity index (χ0n) is 16.2. The molecule has 3 aromatic rings. The number of aryl methyl sites for hydroxylation is 1. The number of carbonyl (C=O) groups excluding carboxylic acids is 1. The first-order valence-corrected chi connectivity index (χ1v) is 10.1. The van der Waals surface area contributed by atoms with Crippen molar-refractivity contribution in [2.24, 2.45) is 0 Å². The summed E-state index contributed by atoms with van der Waals surface area (Å²) in [6.45, 7) is 1.52. The molecule has 158 valence electrons. The summed E-state index contributed by atoms with van der Waals surface area (Å²) < 4.78 is 40.1. The molecule has 1 saturated carbocycles. The van der Waals surface area contributed by atoms with E-state index in [-0.39, 0.29) is 28.5 Å². The molecular weight excluding hydrogens is 427 g/mol. The van der Waals surface area contributed by atoms with Crippen molar-refractivity contribution in [1.29, 1.82) is 5.26 Å². The zero-order valence-corrected chi connectivity index (χ0v) is 17.1. The largest absolute Gasteiger partial charge is 0.399 e. The van der Waals surface area contributed by atoms with Crippen molar-refractivity contribution in [3.05, 3.63) is 58.9 Å². The maximum atomic E-state index is 13.4. The van der Waals surface area contributed by atoms with Crippen LogP contribution in [0, 0.1) is 18.3 Å². The quantitative estimate of drug-likeness (QED) is 0.540. The molecule has 1 amide bonds. The average molecular weight is 443 g/mol. The van der Waals surface area contributed by atoms with Gasteiger partial charge in [-0.1, -0.05) is 6.07 Å². The number of nitriles is 1. The molecule has 1 aliphatic carbocycles. The number of carbonyl (C=O) groups is 1. The molecule has 1 fully saturated rings. The van der Waals surface area contributed by atoms with E-state index in [9.17, 15) is 18.0 Å². The number of rotatable bonds is 5. The van der Waals surface area contributed by atoms with Crippen molar-refractivity contribution in [3.8, 4) is 6.07 Å². The van der Waals surface area contributed by atoms with Crippen molar-refractivity contribution in [2.75, 3.05) is 10.6 Å². The molecule has 6 nitrogen and oxygen atoms in total. The Balaban J connectivity index is 1.45. The van der Waals surface area contributed by atoms with Crippen molar-refractivity contribution in [1.82, 2.24) is 9.97 Å². The first kappa shape index (κ1) is 20.8. The fraction of sp³-hybridized carbons (Fsp3) is 0.238. The Hall–Kier alpha value is -3.45. The highest BCUT2D eigenvalue weighted by Gasteiger charge is 2.65. The normalized spacial score (nSPS) is 15.1. The van der Waals surface area contributed by atoms with Gasteiger partial charge >= 0.3 is 6.18 Å². The maximum absolute atomic E-state index is 13.4. The Bertz CT molecular complexity index is 1240. The molecule has 0 bridgehead atoms. The Kier molecular flexibility index (Phi) is 5.15. The van der Waals surface area contributed by atoms with Crippen LogP contribution in [0.5, 0.6) is 0 Å². The summed E-state index contributed by atoms with van der Waals surface area (Å²) in [5.41, 5.74) is -1.06. The van der Waals surface area contributed by atoms with Gasteiger partial charge in [0.25, 0.3) is 5.91 Å². The van der Waals surface area contributed by atoms with Crippen LogP contribution < -0.4 is 10.6 Å². The minimum absolute atomic E-state index is 0.0439. The third-order valence-corrected chi connectivity index (χ3v) is 6.38.